The van der Waals surface area contributed by atoms with Crippen LogP contribution >= 0.6 is 15.9 Å². The quantitative estimate of drug-likeness (QED) is 0.471. The number of rotatable bonds is 7. The molecule has 1 unspecified atom stereocenters. The van der Waals surface area contributed by atoms with Gasteiger partial charge in [0, 0.05) is 18.4 Å². The van der Waals surface area contributed by atoms with Crippen molar-refractivity contribution in [3.8, 4) is 17.4 Å². The molecule has 0 saturated heterocycles. The zero-order valence-electron chi connectivity index (χ0n) is 17.0. The molecule has 0 saturated carbocycles. The molecule has 2 aromatic carbocycles. The van der Waals surface area contributed by atoms with Gasteiger partial charge in [-0.3, -0.25) is 4.79 Å². The topological polar surface area (TPSA) is 60.5 Å². The van der Waals surface area contributed by atoms with E-state index in [0.29, 0.717) is 24.2 Å². The SMILES string of the molecule is CC(=O)NC(C)c1ccc2nc(Oc3ccc(OCC(C)C)c(Br)c3)ccc2c1. The molecule has 0 bridgehead atoms. The third-order valence-corrected chi connectivity index (χ3v) is 4.93. The highest BCUT2D eigenvalue weighted by atomic mass is 79.9. The first-order chi connectivity index (χ1) is 13.8. The molecule has 1 atom stereocenters. The third kappa shape index (κ3) is 5.70. The number of ether oxygens (including phenoxy) is 2. The zero-order valence-corrected chi connectivity index (χ0v) is 18.6. The summed E-state index contributed by atoms with van der Waals surface area (Å²) >= 11 is 3.53. The molecular weight excluding hydrogens is 432 g/mol. The molecule has 0 aliphatic carbocycles. The van der Waals surface area contributed by atoms with Crippen molar-refractivity contribution < 1.29 is 14.3 Å². The van der Waals surface area contributed by atoms with Crippen molar-refractivity contribution in [3.05, 3.63) is 58.6 Å². The van der Waals surface area contributed by atoms with Crippen LogP contribution in [-0.2, 0) is 4.79 Å². The molecule has 1 amide bonds. The van der Waals surface area contributed by atoms with E-state index in [1.807, 2.05) is 55.5 Å². The molecule has 1 aromatic heterocycles. The lowest BCUT2D eigenvalue weighted by atomic mass is 10.1. The van der Waals surface area contributed by atoms with E-state index in [-0.39, 0.29) is 11.9 Å². The minimum Gasteiger partial charge on any atom is -0.492 e. The fourth-order valence-electron chi connectivity index (χ4n) is 2.88. The monoisotopic (exact) mass is 456 g/mol. The zero-order chi connectivity index (χ0) is 21.0. The predicted octanol–water partition coefficient (Wildman–Crippen LogP) is 6.02. The van der Waals surface area contributed by atoms with E-state index in [2.05, 4.69) is 40.1 Å². The maximum atomic E-state index is 11.3. The first kappa shape index (κ1) is 21.1. The van der Waals surface area contributed by atoms with Gasteiger partial charge in [-0.15, -0.1) is 0 Å². The second-order valence-electron chi connectivity index (χ2n) is 7.42. The Morgan fingerprint density at radius 3 is 2.59 bits per heavy atom. The molecule has 3 rings (SSSR count). The van der Waals surface area contributed by atoms with Crippen LogP contribution in [0.25, 0.3) is 10.9 Å². The normalized spacial score (nSPS) is 12.1. The minimum atomic E-state index is -0.0541. The highest BCUT2D eigenvalue weighted by molar-refractivity contribution is 9.10. The van der Waals surface area contributed by atoms with Crippen LogP contribution in [0.4, 0.5) is 0 Å². The first-order valence-electron chi connectivity index (χ1n) is 9.60. The molecule has 3 aromatic rings. The summed E-state index contributed by atoms with van der Waals surface area (Å²) in [7, 11) is 0. The minimum absolute atomic E-state index is 0.0498. The van der Waals surface area contributed by atoms with Crippen LogP contribution in [0.3, 0.4) is 0 Å². The number of hydrogen-bond acceptors (Lipinski definition) is 4. The van der Waals surface area contributed by atoms with E-state index in [1.165, 1.54) is 6.92 Å². The molecule has 5 nitrogen and oxygen atoms in total. The second kappa shape index (κ2) is 9.27. The van der Waals surface area contributed by atoms with Crippen molar-refractivity contribution in [1.29, 1.82) is 0 Å². The average Bonchev–Trinajstić information content (AvgIpc) is 2.66. The van der Waals surface area contributed by atoms with Crippen molar-refractivity contribution in [2.24, 2.45) is 5.92 Å². The fraction of sp³-hybridized carbons (Fsp3) is 0.304. The molecule has 0 fully saturated rings. The van der Waals surface area contributed by atoms with E-state index in [4.69, 9.17) is 9.47 Å². The smallest absolute Gasteiger partial charge is 0.219 e. The number of carbonyl (C=O) groups is 1. The Bertz CT molecular complexity index is 1020. The van der Waals surface area contributed by atoms with Crippen LogP contribution in [0.5, 0.6) is 17.4 Å². The van der Waals surface area contributed by atoms with Crippen LogP contribution < -0.4 is 14.8 Å². The van der Waals surface area contributed by atoms with Crippen molar-refractivity contribution in [2.45, 2.75) is 33.7 Å². The Labute approximate surface area is 179 Å². The Hall–Kier alpha value is -2.60. The summed E-state index contributed by atoms with van der Waals surface area (Å²) < 4.78 is 12.5. The highest BCUT2D eigenvalue weighted by Crippen LogP contribution is 2.32. The number of benzene rings is 2. The maximum absolute atomic E-state index is 11.3. The van der Waals surface area contributed by atoms with E-state index in [0.717, 1.165) is 26.7 Å². The molecule has 1 N–H and O–H groups in total. The standard InChI is InChI=1S/C23H25BrN2O3/c1-14(2)13-28-22-9-7-19(12-20(22)24)29-23-10-6-18-11-17(5-8-21(18)26-23)15(3)25-16(4)27/h5-12,14-15H,13H2,1-4H3,(H,25,27). The number of fused-ring (bicyclic) bond motifs is 1. The van der Waals surface area contributed by atoms with Gasteiger partial charge in [-0.05, 0) is 70.7 Å². The first-order valence-corrected chi connectivity index (χ1v) is 10.4. The van der Waals surface area contributed by atoms with Crippen LogP contribution in [0.15, 0.2) is 53.0 Å². The van der Waals surface area contributed by atoms with Gasteiger partial charge in [0.05, 0.1) is 22.6 Å². The molecule has 0 spiro atoms. The number of hydrogen-bond donors (Lipinski definition) is 1. The van der Waals surface area contributed by atoms with E-state index in [1.54, 1.807) is 0 Å². The second-order valence-corrected chi connectivity index (χ2v) is 8.28. The molecular formula is C23H25BrN2O3. The van der Waals surface area contributed by atoms with Crippen LogP contribution in [0, 0.1) is 5.92 Å². The van der Waals surface area contributed by atoms with Gasteiger partial charge >= 0.3 is 0 Å². The van der Waals surface area contributed by atoms with Gasteiger partial charge in [0.15, 0.2) is 0 Å². The van der Waals surface area contributed by atoms with Crippen molar-refractivity contribution >= 4 is 32.7 Å². The Morgan fingerprint density at radius 2 is 1.90 bits per heavy atom. The lowest BCUT2D eigenvalue weighted by molar-refractivity contribution is -0.119. The lowest BCUT2D eigenvalue weighted by Gasteiger charge is -2.14. The molecule has 0 aliphatic heterocycles. The molecule has 0 aliphatic rings. The van der Waals surface area contributed by atoms with Gasteiger partial charge in [0.1, 0.15) is 11.5 Å². The maximum Gasteiger partial charge on any atom is 0.219 e. The highest BCUT2D eigenvalue weighted by Gasteiger charge is 2.10. The van der Waals surface area contributed by atoms with Crippen LogP contribution in [-0.4, -0.2) is 17.5 Å². The van der Waals surface area contributed by atoms with Gasteiger partial charge in [-0.2, -0.15) is 0 Å². The Morgan fingerprint density at radius 1 is 1.10 bits per heavy atom. The summed E-state index contributed by atoms with van der Waals surface area (Å²) in [5, 5.41) is 3.89. The summed E-state index contributed by atoms with van der Waals surface area (Å²) in [6.45, 7) is 8.36. The summed E-state index contributed by atoms with van der Waals surface area (Å²) in [4.78, 5) is 15.9. The number of pyridine rings is 1. The summed E-state index contributed by atoms with van der Waals surface area (Å²) in [6.07, 6.45) is 0. The number of amides is 1. The third-order valence-electron chi connectivity index (χ3n) is 4.31. The van der Waals surface area contributed by atoms with E-state index in [9.17, 15) is 4.79 Å². The summed E-state index contributed by atoms with van der Waals surface area (Å²) in [5.74, 6) is 2.39. The number of nitrogens with one attached hydrogen (secondary N) is 1. The van der Waals surface area contributed by atoms with Crippen molar-refractivity contribution in [1.82, 2.24) is 10.3 Å². The Balaban J connectivity index is 1.75. The van der Waals surface area contributed by atoms with Crippen LogP contribution in [0.1, 0.15) is 39.3 Å². The van der Waals surface area contributed by atoms with Gasteiger partial charge in [-0.25, -0.2) is 4.98 Å². The Kier molecular flexibility index (Phi) is 6.75. The van der Waals surface area contributed by atoms with Crippen molar-refractivity contribution in [2.75, 3.05) is 6.61 Å². The predicted molar refractivity (Wildman–Crippen MR) is 119 cm³/mol. The fourth-order valence-corrected chi connectivity index (χ4v) is 3.35. The van der Waals surface area contributed by atoms with E-state index < -0.39 is 0 Å². The lowest BCUT2D eigenvalue weighted by Crippen LogP contribution is -2.23. The average molecular weight is 457 g/mol. The van der Waals surface area contributed by atoms with Gasteiger partial charge in [0.2, 0.25) is 11.8 Å². The summed E-state index contributed by atoms with van der Waals surface area (Å²) in [5.41, 5.74) is 1.86. The molecule has 1 heterocycles. The summed E-state index contributed by atoms with van der Waals surface area (Å²) in [6, 6.07) is 15.3. The molecule has 29 heavy (non-hydrogen) atoms. The molecule has 6 heteroatoms. The van der Waals surface area contributed by atoms with Gasteiger partial charge in [-0.1, -0.05) is 19.9 Å². The molecule has 0 radical (unpaired) electrons. The van der Waals surface area contributed by atoms with Gasteiger partial charge < -0.3 is 14.8 Å². The largest absolute Gasteiger partial charge is 0.492 e. The van der Waals surface area contributed by atoms with Crippen molar-refractivity contribution in [3.63, 3.8) is 0 Å². The number of nitrogens with zero attached hydrogens (tertiary/aromatic N) is 1. The molecule has 152 valence electrons. The number of halogens is 1. The number of aromatic nitrogens is 1. The van der Waals surface area contributed by atoms with Gasteiger partial charge in [0.25, 0.3) is 0 Å². The van der Waals surface area contributed by atoms with E-state index >= 15 is 0 Å². The number of carbonyl (C=O) groups excluding carboxylic acids is 1. The van der Waals surface area contributed by atoms with Crippen LogP contribution in [0.2, 0.25) is 0 Å².